The lowest BCUT2D eigenvalue weighted by atomic mass is 10.0. The van der Waals surface area contributed by atoms with Crippen LogP contribution < -0.4 is 0 Å². The molecular formula is C11H11F2NO. The van der Waals surface area contributed by atoms with E-state index in [2.05, 4.69) is 4.98 Å². The largest absolute Gasteiger partial charge is 0.303 e. The normalized spacial score (nSPS) is 13.5. The van der Waals surface area contributed by atoms with E-state index in [-0.39, 0.29) is 0 Å². The fourth-order valence-electron chi connectivity index (χ4n) is 1.23. The second-order valence-corrected chi connectivity index (χ2v) is 3.36. The predicted octanol–water partition coefficient (Wildman–Crippen LogP) is 2.18. The lowest BCUT2D eigenvalue weighted by Gasteiger charge is -2.16. The second kappa shape index (κ2) is 4.96. The van der Waals surface area contributed by atoms with Gasteiger partial charge in [0.05, 0.1) is 6.42 Å². The zero-order valence-electron chi connectivity index (χ0n) is 8.07. The van der Waals surface area contributed by atoms with E-state index in [1.54, 1.807) is 12.1 Å². The van der Waals surface area contributed by atoms with Crippen LogP contribution in [-0.4, -0.2) is 17.2 Å². The summed E-state index contributed by atoms with van der Waals surface area (Å²) in [5.41, 5.74) is 0.292. The summed E-state index contributed by atoms with van der Waals surface area (Å²) >= 11 is 0. The maximum absolute atomic E-state index is 13.3. The lowest BCUT2D eigenvalue weighted by Crippen LogP contribution is -2.23. The molecule has 0 aliphatic heterocycles. The van der Waals surface area contributed by atoms with Crippen molar-refractivity contribution in [1.82, 2.24) is 4.98 Å². The minimum atomic E-state index is -2.99. The van der Waals surface area contributed by atoms with E-state index in [0.717, 1.165) is 0 Å². The van der Waals surface area contributed by atoms with Gasteiger partial charge in [0.1, 0.15) is 6.29 Å². The van der Waals surface area contributed by atoms with Gasteiger partial charge >= 0.3 is 0 Å². The Labute approximate surface area is 87.3 Å². The monoisotopic (exact) mass is 211 g/mol. The van der Waals surface area contributed by atoms with Crippen molar-refractivity contribution in [3.63, 3.8) is 0 Å². The summed E-state index contributed by atoms with van der Waals surface area (Å²) in [5, 5.41) is 0. The Morgan fingerprint density at radius 3 is 2.80 bits per heavy atom. The molecule has 0 N–H and O–H groups in total. The molecule has 1 atom stereocenters. The number of rotatable bonds is 5. The third-order valence-corrected chi connectivity index (χ3v) is 1.88. The molecule has 0 fully saturated rings. The minimum Gasteiger partial charge on any atom is -0.303 e. The fourth-order valence-corrected chi connectivity index (χ4v) is 1.23. The molecule has 15 heavy (non-hydrogen) atoms. The van der Waals surface area contributed by atoms with E-state index in [0.29, 0.717) is 12.0 Å². The molecular weight excluding hydrogens is 200 g/mol. The van der Waals surface area contributed by atoms with Gasteiger partial charge in [0.15, 0.2) is 0 Å². The molecule has 0 bridgehead atoms. The summed E-state index contributed by atoms with van der Waals surface area (Å²) in [6, 6.07) is 4.80. The molecule has 1 aromatic rings. The highest BCUT2D eigenvalue weighted by molar-refractivity contribution is 5.54. The van der Waals surface area contributed by atoms with Crippen LogP contribution in [0.5, 0.6) is 0 Å². The SMILES string of the molecule is [CH][C@H](C=O)CC(F)(F)Cc1ccccn1. The van der Waals surface area contributed by atoms with Crippen molar-refractivity contribution in [2.75, 3.05) is 0 Å². The first-order valence-electron chi connectivity index (χ1n) is 4.52. The third-order valence-electron chi connectivity index (χ3n) is 1.88. The molecule has 0 aliphatic carbocycles. The molecule has 0 spiro atoms. The Kier molecular flexibility index (Phi) is 3.88. The van der Waals surface area contributed by atoms with Gasteiger partial charge in [-0.3, -0.25) is 4.98 Å². The molecule has 0 unspecified atom stereocenters. The summed E-state index contributed by atoms with van der Waals surface area (Å²) < 4.78 is 26.5. The molecule has 0 amide bonds. The van der Waals surface area contributed by atoms with Gasteiger partial charge in [-0.1, -0.05) is 6.07 Å². The Morgan fingerprint density at radius 1 is 1.53 bits per heavy atom. The van der Waals surface area contributed by atoms with E-state index in [1.165, 1.54) is 12.3 Å². The number of pyridine rings is 1. The number of alkyl halides is 2. The molecule has 1 rings (SSSR count). The third kappa shape index (κ3) is 4.14. The Hall–Kier alpha value is -1.32. The van der Waals surface area contributed by atoms with Gasteiger partial charge in [-0.05, 0) is 19.1 Å². The number of hydrogen-bond acceptors (Lipinski definition) is 2. The van der Waals surface area contributed by atoms with Crippen LogP contribution in [0.2, 0.25) is 0 Å². The first-order chi connectivity index (χ1) is 7.03. The standard InChI is InChI=1S/C11H11F2NO/c1-9(8-15)6-11(12,13)7-10-4-2-3-5-14-10/h1-5,8-9H,6-7H2/t9-/m0/s1. The van der Waals surface area contributed by atoms with Crippen LogP contribution in [0, 0.1) is 12.8 Å². The highest BCUT2D eigenvalue weighted by Crippen LogP contribution is 2.26. The van der Waals surface area contributed by atoms with E-state index in [9.17, 15) is 13.6 Å². The van der Waals surface area contributed by atoms with Crippen LogP contribution in [0.15, 0.2) is 24.4 Å². The Balaban J connectivity index is 2.60. The number of halogens is 2. The molecule has 80 valence electrons. The lowest BCUT2D eigenvalue weighted by molar-refractivity contribution is -0.113. The van der Waals surface area contributed by atoms with Crippen LogP contribution in [0.4, 0.5) is 8.78 Å². The maximum atomic E-state index is 13.3. The highest BCUT2D eigenvalue weighted by Gasteiger charge is 2.31. The van der Waals surface area contributed by atoms with Crippen molar-refractivity contribution in [2.45, 2.75) is 18.8 Å². The molecule has 0 saturated carbocycles. The van der Waals surface area contributed by atoms with Gasteiger partial charge in [0, 0.05) is 24.2 Å². The van der Waals surface area contributed by atoms with Gasteiger partial charge in [-0.2, -0.15) is 0 Å². The van der Waals surface area contributed by atoms with E-state index in [1.807, 2.05) is 0 Å². The quantitative estimate of drug-likeness (QED) is 0.699. The van der Waals surface area contributed by atoms with Gasteiger partial charge in [-0.25, -0.2) is 8.78 Å². The average Bonchev–Trinajstić information content (AvgIpc) is 2.17. The second-order valence-electron chi connectivity index (χ2n) is 3.36. The number of nitrogens with zero attached hydrogens (tertiary/aromatic N) is 1. The van der Waals surface area contributed by atoms with Crippen molar-refractivity contribution < 1.29 is 13.6 Å². The summed E-state index contributed by atoms with van der Waals surface area (Å²) in [7, 11) is 0. The van der Waals surface area contributed by atoms with Gasteiger partial charge < -0.3 is 4.79 Å². The summed E-state index contributed by atoms with van der Waals surface area (Å²) in [6.45, 7) is 5.14. The number of carbonyl (C=O) groups excluding carboxylic acids is 1. The predicted molar refractivity (Wildman–Crippen MR) is 51.4 cm³/mol. The molecule has 0 saturated heterocycles. The van der Waals surface area contributed by atoms with Crippen molar-refractivity contribution in [2.24, 2.45) is 5.92 Å². The number of carbonyl (C=O) groups is 1. The maximum Gasteiger partial charge on any atom is 0.254 e. The number of hydrogen-bond donors (Lipinski definition) is 0. The summed E-state index contributed by atoms with van der Waals surface area (Å²) in [5.74, 6) is -4.11. The summed E-state index contributed by atoms with van der Waals surface area (Å²) in [6.07, 6.45) is 0.639. The molecule has 0 aliphatic rings. The van der Waals surface area contributed by atoms with E-state index >= 15 is 0 Å². The van der Waals surface area contributed by atoms with Crippen molar-refractivity contribution in [1.29, 1.82) is 0 Å². The number of aldehydes is 1. The molecule has 0 aromatic carbocycles. The van der Waals surface area contributed by atoms with Crippen LogP contribution in [-0.2, 0) is 11.2 Å². The van der Waals surface area contributed by atoms with Gasteiger partial charge in [0.25, 0.3) is 5.92 Å². The highest BCUT2D eigenvalue weighted by atomic mass is 19.3. The van der Waals surface area contributed by atoms with Gasteiger partial charge in [0.2, 0.25) is 0 Å². The van der Waals surface area contributed by atoms with Crippen LogP contribution in [0.1, 0.15) is 12.1 Å². The summed E-state index contributed by atoms with van der Waals surface area (Å²) in [4.78, 5) is 13.9. The molecule has 1 heterocycles. The molecule has 1 aromatic heterocycles. The van der Waals surface area contributed by atoms with Crippen LogP contribution in [0.25, 0.3) is 0 Å². The van der Waals surface area contributed by atoms with E-state index < -0.39 is 24.7 Å². The minimum absolute atomic E-state index is 0.292. The van der Waals surface area contributed by atoms with Crippen molar-refractivity contribution in [3.8, 4) is 0 Å². The molecule has 4 heteroatoms. The smallest absolute Gasteiger partial charge is 0.254 e. The first-order valence-corrected chi connectivity index (χ1v) is 4.52. The van der Waals surface area contributed by atoms with Crippen LogP contribution in [0.3, 0.4) is 0 Å². The van der Waals surface area contributed by atoms with Gasteiger partial charge in [-0.15, -0.1) is 0 Å². The van der Waals surface area contributed by atoms with E-state index in [4.69, 9.17) is 6.92 Å². The molecule has 2 radical (unpaired) electrons. The zero-order valence-corrected chi connectivity index (χ0v) is 8.07. The Bertz CT molecular complexity index is 314. The Morgan fingerprint density at radius 2 is 2.27 bits per heavy atom. The van der Waals surface area contributed by atoms with Crippen molar-refractivity contribution in [3.05, 3.63) is 37.0 Å². The molecule has 2 nitrogen and oxygen atoms in total. The van der Waals surface area contributed by atoms with Crippen molar-refractivity contribution >= 4 is 6.29 Å². The van der Waals surface area contributed by atoms with Crippen LogP contribution >= 0.6 is 0 Å². The number of aromatic nitrogens is 1. The topological polar surface area (TPSA) is 30.0 Å². The first kappa shape index (κ1) is 11.8. The average molecular weight is 211 g/mol. The fraction of sp³-hybridized carbons (Fsp3) is 0.364. The zero-order chi connectivity index (χ0) is 11.3.